The van der Waals surface area contributed by atoms with E-state index in [1.165, 1.54) is 56.9 Å². The molecule has 1 nitrogen and oxygen atoms in total. The van der Waals surface area contributed by atoms with Crippen molar-refractivity contribution in [3.63, 3.8) is 0 Å². The van der Waals surface area contributed by atoms with Crippen molar-refractivity contribution in [2.75, 3.05) is 0 Å². The van der Waals surface area contributed by atoms with Crippen LogP contribution in [0, 0.1) is 0 Å². The number of allylic oxidation sites excluding steroid dienone is 4. The minimum atomic E-state index is 0.383. The topological polar surface area (TPSA) is 20.2 Å². The lowest BCUT2D eigenvalue weighted by Gasteiger charge is -2.02. The second kappa shape index (κ2) is 13.2. The van der Waals surface area contributed by atoms with E-state index < -0.39 is 0 Å². The molecule has 122 valence electrons. The van der Waals surface area contributed by atoms with Crippen molar-refractivity contribution >= 4 is 0 Å². The molecule has 1 rings (SSSR count). The zero-order valence-corrected chi connectivity index (χ0v) is 14.1. The highest BCUT2D eigenvalue weighted by atomic mass is 16.3. The highest BCUT2D eigenvalue weighted by Crippen LogP contribution is 2.14. The van der Waals surface area contributed by atoms with E-state index >= 15 is 0 Å². The number of phenols is 1. The van der Waals surface area contributed by atoms with Gasteiger partial charge < -0.3 is 5.11 Å². The van der Waals surface area contributed by atoms with Gasteiger partial charge in [0, 0.05) is 0 Å². The number of hydrogen-bond acceptors (Lipinski definition) is 1. The van der Waals surface area contributed by atoms with Crippen LogP contribution in [0.4, 0.5) is 0 Å². The van der Waals surface area contributed by atoms with Crippen LogP contribution in [0.5, 0.6) is 5.75 Å². The lowest BCUT2D eigenvalue weighted by molar-refractivity contribution is 0.474. The normalized spacial score (nSPS) is 11.7. The summed E-state index contributed by atoms with van der Waals surface area (Å²) in [6, 6.07) is 7.63. The number of unbranched alkanes of at least 4 members (excludes halogenated alkanes) is 6. The Labute approximate surface area is 136 Å². The van der Waals surface area contributed by atoms with Crippen LogP contribution in [-0.4, -0.2) is 5.11 Å². The predicted octanol–water partition coefficient (Wildman–Crippen LogP) is 6.58. The van der Waals surface area contributed by atoms with Crippen molar-refractivity contribution in [1.82, 2.24) is 0 Å². The Bertz CT molecular complexity index is 431. The number of hydrogen-bond donors (Lipinski definition) is 1. The Morgan fingerprint density at radius 1 is 0.864 bits per heavy atom. The third-order valence-corrected chi connectivity index (χ3v) is 3.81. The van der Waals surface area contributed by atoms with Gasteiger partial charge in [-0.1, -0.05) is 69.0 Å². The average Bonchev–Trinajstić information content (AvgIpc) is 2.52. The SMILES string of the molecule is CCC/C=C/C/C=C/CCCCCCCc1cccc(O)c1. The minimum Gasteiger partial charge on any atom is -0.508 e. The first-order chi connectivity index (χ1) is 10.8. The molecule has 1 heteroatoms. The highest BCUT2D eigenvalue weighted by molar-refractivity contribution is 5.27. The molecule has 1 aromatic carbocycles. The first-order valence-electron chi connectivity index (χ1n) is 8.91. The molecule has 0 spiro atoms. The fourth-order valence-electron chi connectivity index (χ4n) is 2.51. The first-order valence-corrected chi connectivity index (χ1v) is 8.91. The maximum absolute atomic E-state index is 9.41. The maximum Gasteiger partial charge on any atom is 0.115 e. The van der Waals surface area contributed by atoms with E-state index in [9.17, 15) is 5.11 Å². The van der Waals surface area contributed by atoms with Gasteiger partial charge in [-0.3, -0.25) is 0 Å². The van der Waals surface area contributed by atoms with Crippen molar-refractivity contribution in [1.29, 1.82) is 0 Å². The molecule has 0 heterocycles. The molecule has 1 aromatic rings. The van der Waals surface area contributed by atoms with Crippen LogP contribution in [0.2, 0.25) is 0 Å². The Balaban J connectivity index is 1.90. The molecule has 0 aromatic heterocycles. The van der Waals surface area contributed by atoms with E-state index in [1.807, 2.05) is 12.1 Å². The Hall–Kier alpha value is -1.50. The van der Waals surface area contributed by atoms with E-state index in [0.717, 1.165) is 12.8 Å². The Morgan fingerprint density at radius 3 is 2.36 bits per heavy atom. The summed E-state index contributed by atoms with van der Waals surface area (Å²) in [7, 11) is 0. The van der Waals surface area contributed by atoms with E-state index in [0.29, 0.717) is 5.75 Å². The number of aromatic hydroxyl groups is 1. The van der Waals surface area contributed by atoms with Gasteiger partial charge in [-0.25, -0.2) is 0 Å². The summed E-state index contributed by atoms with van der Waals surface area (Å²) in [4.78, 5) is 0. The van der Waals surface area contributed by atoms with Gasteiger partial charge in [-0.15, -0.1) is 0 Å². The molecule has 22 heavy (non-hydrogen) atoms. The highest BCUT2D eigenvalue weighted by Gasteiger charge is 1.95. The molecule has 0 bridgehead atoms. The van der Waals surface area contributed by atoms with Gasteiger partial charge in [0.25, 0.3) is 0 Å². The van der Waals surface area contributed by atoms with Crippen LogP contribution >= 0.6 is 0 Å². The second-order valence-corrected chi connectivity index (χ2v) is 5.94. The van der Waals surface area contributed by atoms with Crippen molar-refractivity contribution in [3.8, 4) is 5.75 Å². The molecule has 0 unspecified atom stereocenters. The van der Waals surface area contributed by atoms with Crippen molar-refractivity contribution in [3.05, 3.63) is 54.1 Å². The van der Waals surface area contributed by atoms with Crippen LogP contribution in [-0.2, 0) is 6.42 Å². The first kappa shape index (κ1) is 18.5. The quantitative estimate of drug-likeness (QED) is 0.341. The standard InChI is InChI=1S/C21H32O/c1-2-3-4-5-6-7-8-9-10-11-12-13-14-16-20-17-15-18-21(22)19-20/h4-5,7-8,15,17-19,22H,2-3,6,9-14,16H2,1H3/b5-4+,8-7+. The van der Waals surface area contributed by atoms with Crippen LogP contribution in [0.3, 0.4) is 0 Å². The summed E-state index contributed by atoms with van der Waals surface area (Å²) in [6.07, 6.45) is 21.5. The molecular formula is C21H32O. The molecule has 0 radical (unpaired) electrons. The Kier molecular flexibility index (Phi) is 11.1. The van der Waals surface area contributed by atoms with Crippen molar-refractivity contribution in [2.24, 2.45) is 0 Å². The Morgan fingerprint density at radius 2 is 1.59 bits per heavy atom. The minimum absolute atomic E-state index is 0.383. The smallest absolute Gasteiger partial charge is 0.115 e. The number of benzene rings is 1. The van der Waals surface area contributed by atoms with E-state index in [2.05, 4.69) is 37.3 Å². The molecule has 0 amide bonds. The van der Waals surface area contributed by atoms with E-state index in [4.69, 9.17) is 0 Å². The van der Waals surface area contributed by atoms with Crippen LogP contribution < -0.4 is 0 Å². The van der Waals surface area contributed by atoms with E-state index in [1.54, 1.807) is 6.07 Å². The van der Waals surface area contributed by atoms with Gasteiger partial charge in [0.1, 0.15) is 5.75 Å². The largest absolute Gasteiger partial charge is 0.508 e. The molecule has 1 N–H and O–H groups in total. The molecule has 0 fully saturated rings. The number of rotatable bonds is 12. The van der Waals surface area contributed by atoms with Gasteiger partial charge in [0.05, 0.1) is 0 Å². The number of aryl methyl sites for hydroxylation is 1. The molecular weight excluding hydrogens is 268 g/mol. The van der Waals surface area contributed by atoms with E-state index in [-0.39, 0.29) is 0 Å². The third-order valence-electron chi connectivity index (χ3n) is 3.81. The predicted molar refractivity (Wildman–Crippen MR) is 97.3 cm³/mol. The molecule has 0 saturated heterocycles. The summed E-state index contributed by atoms with van der Waals surface area (Å²) < 4.78 is 0. The molecule has 0 aliphatic heterocycles. The van der Waals surface area contributed by atoms with Crippen LogP contribution in [0.15, 0.2) is 48.6 Å². The van der Waals surface area contributed by atoms with Gasteiger partial charge in [-0.05, 0) is 56.2 Å². The van der Waals surface area contributed by atoms with Gasteiger partial charge >= 0.3 is 0 Å². The zero-order chi connectivity index (χ0) is 15.9. The molecule has 0 saturated carbocycles. The molecule has 0 aliphatic carbocycles. The summed E-state index contributed by atoms with van der Waals surface area (Å²) in [5, 5.41) is 9.41. The lowest BCUT2D eigenvalue weighted by Crippen LogP contribution is -1.86. The second-order valence-electron chi connectivity index (χ2n) is 5.94. The monoisotopic (exact) mass is 300 g/mol. The van der Waals surface area contributed by atoms with Crippen molar-refractivity contribution in [2.45, 2.75) is 71.1 Å². The number of phenolic OH excluding ortho intramolecular Hbond substituents is 1. The molecule has 0 aliphatic rings. The van der Waals surface area contributed by atoms with Crippen LogP contribution in [0.1, 0.15) is 70.3 Å². The lowest BCUT2D eigenvalue weighted by atomic mass is 10.0. The fourth-order valence-corrected chi connectivity index (χ4v) is 2.51. The van der Waals surface area contributed by atoms with Crippen molar-refractivity contribution < 1.29 is 5.11 Å². The van der Waals surface area contributed by atoms with Gasteiger partial charge in [0.2, 0.25) is 0 Å². The van der Waals surface area contributed by atoms with Gasteiger partial charge in [0.15, 0.2) is 0 Å². The maximum atomic E-state index is 9.41. The van der Waals surface area contributed by atoms with Crippen LogP contribution in [0.25, 0.3) is 0 Å². The molecule has 0 atom stereocenters. The zero-order valence-electron chi connectivity index (χ0n) is 14.1. The average molecular weight is 300 g/mol. The summed E-state index contributed by atoms with van der Waals surface area (Å²) in [5.41, 5.74) is 1.25. The third kappa shape index (κ3) is 10.3. The summed E-state index contributed by atoms with van der Waals surface area (Å²) in [5.74, 6) is 0.383. The fraction of sp³-hybridized carbons (Fsp3) is 0.524. The van der Waals surface area contributed by atoms with Gasteiger partial charge in [-0.2, -0.15) is 0 Å². The summed E-state index contributed by atoms with van der Waals surface area (Å²) >= 11 is 0. The summed E-state index contributed by atoms with van der Waals surface area (Å²) in [6.45, 7) is 2.21.